The highest BCUT2D eigenvalue weighted by molar-refractivity contribution is 5.28. The fourth-order valence-electron chi connectivity index (χ4n) is 2.13. The summed E-state index contributed by atoms with van der Waals surface area (Å²) in [6.07, 6.45) is -3.42. The molecule has 0 aliphatic rings. The van der Waals surface area contributed by atoms with Crippen molar-refractivity contribution in [1.29, 1.82) is 0 Å². The number of halogens is 3. The summed E-state index contributed by atoms with van der Waals surface area (Å²) in [7, 11) is 1.85. The Morgan fingerprint density at radius 1 is 1.22 bits per heavy atom. The van der Waals surface area contributed by atoms with E-state index in [9.17, 15) is 13.2 Å². The highest BCUT2D eigenvalue weighted by Crippen LogP contribution is 2.34. The normalized spacial score (nSPS) is 13.9. The summed E-state index contributed by atoms with van der Waals surface area (Å²) in [5, 5.41) is 3.05. The SMILES string of the molecule is CNCCC(c1cccc(C(F)(F)F)c1)C(C)C. The molecule has 1 unspecified atom stereocenters. The summed E-state index contributed by atoms with van der Waals surface area (Å²) in [4.78, 5) is 0. The summed E-state index contributed by atoms with van der Waals surface area (Å²) < 4.78 is 38.0. The van der Waals surface area contributed by atoms with Gasteiger partial charge in [0.1, 0.15) is 0 Å². The molecule has 0 aromatic heterocycles. The Bertz CT molecular complexity index is 372. The zero-order chi connectivity index (χ0) is 13.8. The van der Waals surface area contributed by atoms with E-state index < -0.39 is 11.7 Å². The predicted octanol–water partition coefficient (Wildman–Crippen LogP) is 4.05. The molecule has 0 radical (unpaired) electrons. The van der Waals surface area contributed by atoms with Crippen LogP contribution in [0.1, 0.15) is 37.3 Å². The number of hydrogen-bond acceptors (Lipinski definition) is 1. The van der Waals surface area contributed by atoms with Gasteiger partial charge >= 0.3 is 6.18 Å². The second-order valence-electron chi connectivity index (χ2n) is 4.87. The van der Waals surface area contributed by atoms with Crippen molar-refractivity contribution in [2.24, 2.45) is 5.92 Å². The third-order valence-electron chi connectivity index (χ3n) is 3.15. The topological polar surface area (TPSA) is 12.0 Å². The van der Waals surface area contributed by atoms with Crippen LogP contribution < -0.4 is 5.32 Å². The van der Waals surface area contributed by atoms with E-state index in [2.05, 4.69) is 5.32 Å². The van der Waals surface area contributed by atoms with Crippen molar-refractivity contribution < 1.29 is 13.2 Å². The molecule has 0 saturated heterocycles. The number of hydrogen-bond donors (Lipinski definition) is 1. The Morgan fingerprint density at radius 2 is 1.89 bits per heavy atom. The summed E-state index contributed by atoms with van der Waals surface area (Å²) in [6, 6.07) is 5.68. The van der Waals surface area contributed by atoms with E-state index in [0.29, 0.717) is 5.92 Å². The minimum absolute atomic E-state index is 0.153. The van der Waals surface area contributed by atoms with Crippen molar-refractivity contribution >= 4 is 0 Å². The first-order chi connectivity index (χ1) is 8.36. The lowest BCUT2D eigenvalue weighted by Crippen LogP contribution is -2.16. The molecule has 0 amide bonds. The number of benzene rings is 1. The molecule has 18 heavy (non-hydrogen) atoms. The third kappa shape index (κ3) is 4.02. The molecule has 1 aromatic rings. The number of nitrogens with one attached hydrogen (secondary N) is 1. The molecule has 0 spiro atoms. The van der Waals surface area contributed by atoms with Gasteiger partial charge in [0.15, 0.2) is 0 Å². The van der Waals surface area contributed by atoms with Crippen molar-refractivity contribution in [2.45, 2.75) is 32.4 Å². The van der Waals surface area contributed by atoms with E-state index in [0.717, 1.165) is 24.6 Å². The first-order valence-electron chi connectivity index (χ1n) is 6.18. The van der Waals surface area contributed by atoms with Gasteiger partial charge in [-0.05, 0) is 43.5 Å². The molecule has 0 heterocycles. The maximum atomic E-state index is 12.7. The van der Waals surface area contributed by atoms with Gasteiger partial charge in [0, 0.05) is 0 Å². The lowest BCUT2D eigenvalue weighted by molar-refractivity contribution is -0.137. The summed E-state index contributed by atoms with van der Waals surface area (Å²) >= 11 is 0. The fraction of sp³-hybridized carbons (Fsp3) is 0.571. The van der Waals surface area contributed by atoms with E-state index in [1.165, 1.54) is 12.1 Å². The van der Waals surface area contributed by atoms with Gasteiger partial charge in [-0.2, -0.15) is 13.2 Å². The van der Waals surface area contributed by atoms with Crippen molar-refractivity contribution in [2.75, 3.05) is 13.6 Å². The van der Waals surface area contributed by atoms with Gasteiger partial charge in [-0.15, -0.1) is 0 Å². The van der Waals surface area contributed by atoms with Gasteiger partial charge in [-0.3, -0.25) is 0 Å². The largest absolute Gasteiger partial charge is 0.416 e. The van der Waals surface area contributed by atoms with Gasteiger partial charge in [-0.25, -0.2) is 0 Å². The smallest absolute Gasteiger partial charge is 0.320 e. The average Bonchev–Trinajstić information content (AvgIpc) is 2.28. The van der Waals surface area contributed by atoms with Gasteiger partial charge in [0.05, 0.1) is 5.56 Å². The minimum atomic E-state index is -4.26. The van der Waals surface area contributed by atoms with Crippen LogP contribution in [0.2, 0.25) is 0 Å². The maximum absolute atomic E-state index is 12.7. The maximum Gasteiger partial charge on any atom is 0.416 e. The van der Waals surface area contributed by atoms with E-state index in [1.807, 2.05) is 20.9 Å². The van der Waals surface area contributed by atoms with Crippen LogP contribution in [-0.2, 0) is 6.18 Å². The Hall–Kier alpha value is -1.03. The van der Waals surface area contributed by atoms with Crippen LogP contribution in [0.5, 0.6) is 0 Å². The van der Waals surface area contributed by atoms with Gasteiger partial charge in [0.25, 0.3) is 0 Å². The number of rotatable bonds is 5. The van der Waals surface area contributed by atoms with Crippen LogP contribution in [0.25, 0.3) is 0 Å². The molecular formula is C14H20F3N. The molecule has 0 fully saturated rings. The molecule has 0 saturated carbocycles. The minimum Gasteiger partial charge on any atom is -0.320 e. The van der Waals surface area contributed by atoms with Gasteiger partial charge in [0.2, 0.25) is 0 Å². The van der Waals surface area contributed by atoms with E-state index in [1.54, 1.807) is 6.07 Å². The monoisotopic (exact) mass is 259 g/mol. The summed E-state index contributed by atoms with van der Waals surface area (Å²) in [5.41, 5.74) is 0.213. The Kier molecular flexibility index (Phi) is 5.20. The zero-order valence-electron chi connectivity index (χ0n) is 11.0. The molecule has 1 N–H and O–H groups in total. The standard InChI is InChI=1S/C14H20F3N/c1-10(2)13(7-8-18-3)11-5-4-6-12(9-11)14(15,16)17/h4-6,9-10,13,18H,7-8H2,1-3H3. The van der Waals surface area contributed by atoms with Crippen LogP contribution in [0, 0.1) is 5.92 Å². The lowest BCUT2D eigenvalue weighted by atomic mass is 9.85. The summed E-state index contributed by atoms with van der Waals surface area (Å²) in [6.45, 7) is 4.89. The fourth-order valence-corrected chi connectivity index (χ4v) is 2.13. The molecule has 0 bridgehead atoms. The second kappa shape index (κ2) is 6.23. The zero-order valence-corrected chi connectivity index (χ0v) is 11.0. The van der Waals surface area contributed by atoms with E-state index >= 15 is 0 Å². The molecule has 102 valence electrons. The Morgan fingerprint density at radius 3 is 2.39 bits per heavy atom. The highest BCUT2D eigenvalue weighted by atomic mass is 19.4. The molecule has 0 aliphatic heterocycles. The molecule has 1 nitrogen and oxygen atoms in total. The van der Waals surface area contributed by atoms with Crippen LogP contribution in [0.3, 0.4) is 0 Å². The molecule has 1 atom stereocenters. The van der Waals surface area contributed by atoms with Crippen LogP contribution in [0.15, 0.2) is 24.3 Å². The second-order valence-corrected chi connectivity index (χ2v) is 4.87. The highest BCUT2D eigenvalue weighted by Gasteiger charge is 2.31. The number of alkyl halides is 3. The first kappa shape index (κ1) is 15.0. The molecule has 1 rings (SSSR count). The first-order valence-corrected chi connectivity index (χ1v) is 6.18. The predicted molar refractivity (Wildman–Crippen MR) is 67.6 cm³/mol. The van der Waals surface area contributed by atoms with Gasteiger partial charge < -0.3 is 5.32 Å². The van der Waals surface area contributed by atoms with Crippen molar-refractivity contribution in [3.05, 3.63) is 35.4 Å². The van der Waals surface area contributed by atoms with Crippen LogP contribution >= 0.6 is 0 Å². The van der Waals surface area contributed by atoms with Crippen molar-refractivity contribution in [3.8, 4) is 0 Å². The van der Waals surface area contributed by atoms with Crippen molar-refractivity contribution in [1.82, 2.24) is 5.32 Å². The summed E-state index contributed by atoms with van der Waals surface area (Å²) in [5.74, 6) is 0.474. The molecule has 0 aliphatic carbocycles. The quantitative estimate of drug-likeness (QED) is 0.841. The van der Waals surface area contributed by atoms with Gasteiger partial charge in [-0.1, -0.05) is 32.0 Å². The molecule has 1 aromatic carbocycles. The van der Waals surface area contributed by atoms with E-state index in [4.69, 9.17) is 0 Å². The van der Waals surface area contributed by atoms with E-state index in [-0.39, 0.29) is 5.92 Å². The molecular weight excluding hydrogens is 239 g/mol. The average molecular weight is 259 g/mol. The van der Waals surface area contributed by atoms with Crippen molar-refractivity contribution in [3.63, 3.8) is 0 Å². The van der Waals surface area contributed by atoms with Crippen LogP contribution in [-0.4, -0.2) is 13.6 Å². The van der Waals surface area contributed by atoms with Crippen LogP contribution in [0.4, 0.5) is 13.2 Å². The third-order valence-corrected chi connectivity index (χ3v) is 3.15. The molecule has 4 heteroatoms. The Balaban J connectivity index is 2.98. The Labute approximate surface area is 106 Å². The lowest BCUT2D eigenvalue weighted by Gasteiger charge is -2.22.